The predicted octanol–water partition coefficient (Wildman–Crippen LogP) is 4.19. The second-order valence-corrected chi connectivity index (χ2v) is 6.10. The Morgan fingerprint density at radius 2 is 1.75 bits per heavy atom. The van der Waals surface area contributed by atoms with Gasteiger partial charge in [-0.15, -0.1) is 36.2 Å². The highest BCUT2D eigenvalue weighted by Crippen LogP contribution is 2.37. The van der Waals surface area contributed by atoms with E-state index in [1.165, 1.54) is 0 Å². The van der Waals surface area contributed by atoms with Crippen molar-refractivity contribution in [1.82, 2.24) is 10.2 Å². The second-order valence-electron chi connectivity index (χ2n) is 5.12. The molecule has 1 atom stereocenters. The molecule has 8 heteroatoms. The quantitative estimate of drug-likeness (QED) is 0.819. The zero-order valence-electron chi connectivity index (χ0n) is 12.9. The van der Waals surface area contributed by atoms with Gasteiger partial charge in [-0.3, -0.25) is 4.90 Å². The van der Waals surface area contributed by atoms with Gasteiger partial charge in [-0.25, -0.2) is 0 Å². The number of thiophene rings is 1. The minimum absolute atomic E-state index is 0. The Labute approximate surface area is 156 Å². The van der Waals surface area contributed by atoms with Crippen LogP contribution in [0.3, 0.4) is 0 Å². The topological polar surface area (TPSA) is 24.5 Å². The molecule has 1 fully saturated rings. The molecule has 24 heavy (non-hydrogen) atoms. The smallest absolute Gasteiger partial charge is 0.387 e. The Kier molecular flexibility index (Phi) is 8.94. The van der Waals surface area contributed by atoms with Crippen molar-refractivity contribution in [3.05, 3.63) is 52.2 Å². The van der Waals surface area contributed by atoms with Gasteiger partial charge in [0.05, 0.1) is 6.04 Å². The number of para-hydroxylation sites is 1. The molecule has 0 aliphatic carbocycles. The summed E-state index contributed by atoms with van der Waals surface area (Å²) in [5.74, 6) is 0.259. The first-order valence-electron chi connectivity index (χ1n) is 7.27. The van der Waals surface area contributed by atoms with Gasteiger partial charge in [-0.2, -0.15) is 8.78 Å². The highest BCUT2D eigenvalue weighted by Gasteiger charge is 2.27. The van der Waals surface area contributed by atoms with Crippen LogP contribution in [0.2, 0.25) is 0 Å². The number of halogens is 4. The third-order valence-corrected chi connectivity index (χ3v) is 4.68. The van der Waals surface area contributed by atoms with Crippen molar-refractivity contribution in [1.29, 1.82) is 0 Å². The van der Waals surface area contributed by atoms with Crippen LogP contribution in [0.25, 0.3) is 0 Å². The largest absolute Gasteiger partial charge is 0.434 e. The fourth-order valence-electron chi connectivity index (χ4n) is 2.83. The highest BCUT2D eigenvalue weighted by molar-refractivity contribution is 7.10. The summed E-state index contributed by atoms with van der Waals surface area (Å²) in [4.78, 5) is 3.46. The summed E-state index contributed by atoms with van der Waals surface area (Å²) < 4.78 is 30.2. The van der Waals surface area contributed by atoms with Crippen LogP contribution in [0, 0.1) is 0 Å². The number of nitrogens with one attached hydrogen (secondary N) is 1. The number of benzene rings is 1. The number of ether oxygens (including phenoxy) is 1. The Hall–Kier alpha value is -0.920. The molecule has 3 rings (SSSR count). The highest BCUT2D eigenvalue weighted by atomic mass is 35.5. The van der Waals surface area contributed by atoms with Gasteiger partial charge < -0.3 is 10.1 Å². The van der Waals surface area contributed by atoms with Crippen LogP contribution < -0.4 is 10.1 Å². The maximum atomic E-state index is 12.7. The van der Waals surface area contributed by atoms with E-state index in [1.54, 1.807) is 23.5 Å². The van der Waals surface area contributed by atoms with Crippen molar-refractivity contribution in [2.75, 3.05) is 26.2 Å². The zero-order valence-corrected chi connectivity index (χ0v) is 15.3. The lowest BCUT2D eigenvalue weighted by molar-refractivity contribution is -0.0510. The monoisotopic (exact) mass is 396 g/mol. The summed E-state index contributed by atoms with van der Waals surface area (Å²) in [5, 5.41) is 5.34. The molecule has 2 heterocycles. The standard InChI is InChI=1S/C16H18F2N2OS.2ClH/c17-16(18)21-13-5-2-1-4-12(13)15(14-6-3-11-22-14)20-9-7-19-8-10-20;;/h1-6,11,15-16,19H,7-10H2;2*1H/t15-;;/m0../s1. The third-order valence-electron chi connectivity index (χ3n) is 3.76. The third kappa shape index (κ3) is 5.04. The van der Waals surface area contributed by atoms with Crippen molar-refractivity contribution >= 4 is 36.2 Å². The summed E-state index contributed by atoms with van der Waals surface area (Å²) in [5.41, 5.74) is 0.798. The first kappa shape index (κ1) is 21.1. The average Bonchev–Trinajstić information content (AvgIpc) is 3.04. The first-order chi connectivity index (χ1) is 10.8. The fraction of sp³-hybridized carbons (Fsp3) is 0.375. The second kappa shape index (κ2) is 10.2. The van der Waals surface area contributed by atoms with Crippen LogP contribution in [-0.2, 0) is 0 Å². The summed E-state index contributed by atoms with van der Waals surface area (Å²) in [7, 11) is 0. The van der Waals surface area contributed by atoms with E-state index >= 15 is 0 Å². The molecule has 134 valence electrons. The molecule has 0 unspecified atom stereocenters. The number of piperazine rings is 1. The number of rotatable bonds is 5. The van der Waals surface area contributed by atoms with Crippen molar-refractivity contribution in [3.8, 4) is 5.75 Å². The molecule has 0 bridgehead atoms. The van der Waals surface area contributed by atoms with Crippen LogP contribution in [0.1, 0.15) is 16.5 Å². The van der Waals surface area contributed by atoms with E-state index in [-0.39, 0.29) is 36.6 Å². The van der Waals surface area contributed by atoms with E-state index in [0.29, 0.717) is 0 Å². The Morgan fingerprint density at radius 1 is 1.04 bits per heavy atom. The molecule has 0 radical (unpaired) electrons. The molecule has 0 spiro atoms. The number of hydrogen-bond donors (Lipinski definition) is 1. The Bertz CT molecular complexity index is 596. The molecule has 0 amide bonds. The van der Waals surface area contributed by atoms with E-state index in [2.05, 4.69) is 16.3 Å². The molecule has 1 aliphatic heterocycles. The molecule has 3 nitrogen and oxygen atoms in total. The minimum atomic E-state index is -2.81. The average molecular weight is 397 g/mol. The molecular formula is C16H20Cl2F2N2OS. The van der Waals surface area contributed by atoms with Crippen molar-refractivity contribution in [2.45, 2.75) is 12.7 Å². The number of nitrogens with zero attached hydrogens (tertiary/aromatic N) is 1. The van der Waals surface area contributed by atoms with E-state index in [9.17, 15) is 8.78 Å². The van der Waals surface area contributed by atoms with E-state index < -0.39 is 6.61 Å². The zero-order chi connectivity index (χ0) is 15.4. The minimum Gasteiger partial charge on any atom is -0.434 e. The molecule has 0 saturated carbocycles. The van der Waals surface area contributed by atoms with E-state index in [1.807, 2.05) is 23.6 Å². The Balaban J connectivity index is 0.00000144. The lowest BCUT2D eigenvalue weighted by Gasteiger charge is -2.35. The molecule has 1 aromatic carbocycles. The molecular weight excluding hydrogens is 377 g/mol. The molecule has 1 N–H and O–H groups in total. The fourth-order valence-corrected chi connectivity index (χ4v) is 3.70. The van der Waals surface area contributed by atoms with Gasteiger partial charge in [0.1, 0.15) is 5.75 Å². The van der Waals surface area contributed by atoms with Crippen LogP contribution in [0.4, 0.5) is 8.78 Å². The summed E-state index contributed by atoms with van der Waals surface area (Å²) in [6.45, 7) is 0.754. The molecule has 1 saturated heterocycles. The number of alkyl halides is 2. The van der Waals surface area contributed by atoms with Crippen LogP contribution in [0.15, 0.2) is 41.8 Å². The first-order valence-corrected chi connectivity index (χ1v) is 8.15. The predicted molar refractivity (Wildman–Crippen MR) is 98.2 cm³/mol. The van der Waals surface area contributed by atoms with Gasteiger partial charge in [0.15, 0.2) is 0 Å². The van der Waals surface area contributed by atoms with Gasteiger partial charge in [0.2, 0.25) is 0 Å². The lowest BCUT2D eigenvalue weighted by atomic mass is 10.0. The van der Waals surface area contributed by atoms with Crippen LogP contribution >= 0.6 is 36.2 Å². The summed E-state index contributed by atoms with van der Waals surface area (Å²) >= 11 is 1.64. The van der Waals surface area contributed by atoms with Crippen molar-refractivity contribution in [2.24, 2.45) is 0 Å². The SMILES string of the molecule is Cl.Cl.FC(F)Oc1ccccc1[C@@H](c1cccs1)N1CCNCC1. The molecule has 1 aliphatic rings. The maximum absolute atomic E-state index is 12.7. The van der Waals surface area contributed by atoms with Gasteiger partial charge in [-0.1, -0.05) is 24.3 Å². The van der Waals surface area contributed by atoms with Crippen LogP contribution in [-0.4, -0.2) is 37.7 Å². The van der Waals surface area contributed by atoms with Crippen molar-refractivity contribution < 1.29 is 13.5 Å². The lowest BCUT2D eigenvalue weighted by Crippen LogP contribution is -2.45. The van der Waals surface area contributed by atoms with Gasteiger partial charge in [-0.05, 0) is 17.5 Å². The number of hydrogen-bond acceptors (Lipinski definition) is 4. The summed E-state index contributed by atoms with van der Waals surface area (Å²) in [6, 6.07) is 11.1. The summed E-state index contributed by atoms with van der Waals surface area (Å²) in [6.07, 6.45) is 0. The van der Waals surface area contributed by atoms with Gasteiger partial charge in [0, 0.05) is 36.6 Å². The maximum Gasteiger partial charge on any atom is 0.387 e. The Morgan fingerprint density at radius 3 is 2.38 bits per heavy atom. The van der Waals surface area contributed by atoms with E-state index in [4.69, 9.17) is 4.74 Å². The van der Waals surface area contributed by atoms with Crippen LogP contribution in [0.5, 0.6) is 5.75 Å². The molecule has 1 aromatic heterocycles. The normalized spacial score (nSPS) is 16.1. The van der Waals surface area contributed by atoms with Crippen molar-refractivity contribution in [3.63, 3.8) is 0 Å². The molecule has 2 aromatic rings. The van der Waals surface area contributed by atoms with Gasteiger partial charge in [0.25, 0.3) is 0 Å². The van der Waals surface area contributed by atoms with Gasteiger partial charge >= 0.3 is 6.61 Å². The van der Waals surface area contributed by atoms with E-state index in [0.717, 1.165) is 36.6 Å².